The van der Waals surface area contributed by atoms with Crippen LogP contribution in [0.4, 0.5) is 11.4 Å². The number of sulfonamides is 1. The van der Waals surface area contributed by atoms with Gasteiger partial charge in [-0.15, -0.1) is 0 Å². The SMILES string of the molecule is Nc1cc(S(N)(=O)=O)ccc1N(CCO)C1CCCCC1. The molecule has 1 saturated carbocycles. The molecule has 0 aliphatic heterocycles. The van der Waals surface area contributed by atoms with E-state index in [1.807, 2.05) is 0 Å². The number of nitrogen functional groups attached to an aromatic ring is 1. The molecule has 1 fully saturated rings. The van der Waals surface area contributed by atoms with Crippen LogP contribution in [0, 0.1) is 0 Å². The van der Waals surface area contributed by atoms with E-state index in [1.54, 1.807) is 6.07 Å². The van der Waals surface area contributed by atoms with E-state index < -0.39 is 10.0 Å². The van der Waals surface area contributed by atoms with Gasteiger partial charge in [-0.1, -0.05) is 19.3 Å². The number of benzene rings is 1. The smallest absolute Gasteiger partial charge is 0.238 e. The fourth-order valence-corrected chi connectivity index (χ4v) is 3.52. The zero-order valence-electron chi connectivity index (χ0n) is 12.0. The van der Waals surface area contributed by atoms with Crippen molar-refractivity contribution in [2.75, 3.05) is 23.8 Å². The molecule has 0 aromatic heterocycles. The van der Waals surface area contributed by atoms with Crippen LogP contribution in [0.1, 0.15) is 32.1 Å². The molecule has 0 radical (unpaired) electrons. The molecule has 0 spiro atoms. The van der Waals surface area contributed by atoms with Crippen molar-refractivity contribution < 1.29 is 13.5 Å². The number of hydrogen-bond acceptors (Lipinski definition) is 5. The number of rotatable bonds is 5. The number of hydrogen-bond donors (Lipinski definition) is 3. The van der Waals surface area contributed by atoms with Gasteiger partial charge in [-0.2, -0.15) is 0 Å². The molecule has 21 heavy (non-hydrogen) atoms. The zero-order valence-corrected chi connectivity index (χ0v) is 12.8. The molecular formula is C14H23N3O3S. The van der Waals surface area contributed by atoms with Crippen LogP contribution in [0.2, 0.25) is 0 Å². The van der Waals surface area contributed by atoms with E-state index in [0.29, 0.717) is 18.3 Å². The van der Waals surface area contributed by atoms with Crippen molar-refractivity contribution >= 4 is 21.4 Å². The highest BCUT2D eigenvalue weighted by molar-refractivity contribution is 7.89. The van der Waals surface area contributed by atoms with Crippen molar-refractivity contribution in [1.29, 1.82) is 0 Å². The van der Waals surface area contributed by atoms with Crippen molar-refractivity contribution in [1.82, 2.24) is 0 Å². The molecule has 1 aromatic carbocycles. The van der Waals surface area contributed by atoms with Gasteiger partial charge in [-0.3, -0.25) is 0 Å². The zero-order chi connectivity index (χ0) is 15.5. The molecule has 6 nitrogen and oxygen atoms in total. The lowest BCUT2D eigenvalue weighted by atomic mass is 9.93. The number of anilines is 2. The Hall–Kier alpha value is -1.31. The van der Waals surface area contributed by atoms with Crippen LogP contribution in [-0.4, -0.2) is 32.7 Å². The summed E-state index contributed by atoms with van der Waals surface area (Å²) in [6.07, 6.45) is 5.71. The summed E-state index contributed by atoms with van der Waals surface area (Å²) < 4.78 is 22.7. The van der Waals surface area contributed by atoms with Gasteiger partial charge in [-0.05, 0) is 31.0 Å². The van der Waals surface area contributed by atoms with E-state index in [9.17, 15) is 13.5 Å². The molecule has 0 saturated heterocycles. The first-order chi connectivity index (χ1) is 9.93. The first-order valence-corrected chi connectivity index (χ1v) is 8.78. The van der Waals surface area contributed by atoms with Gasteiger partial charge in [0.25, 0.3) is 0 Å². The van der Waals surface area contributed by atoms with E-state index in [1.165, 1.54) is 31.4 Å². The Morgan fingerprint density at radius 3 is 2.43 bits per heavy atom. The quantitative estimate of drug-likeness (QED) is 0.704. The predicted molar refractivity (Wildman–Crippen MR) is 83.5 cm³/mol. The number of nitrogens with zero attached hydrogens (tertiary/aromatic N) is 1. The fourth-order valence-electron chi connectivity index (χ4n) is 2.97. The van der Waals surface area contributed by atoms with Crippen LogP contribution in [0.5, 0.6) is 0 Å². The highest BCUT2D eigenvalue weighted by atomic mass is 32.2. The summed E-state index contributed by atoms with van der Waals surface area (Å²) in [5.74, 6) is 0. The minimum atomic E-state index is -3.75. The Bertz CT molecular complexity index is 583. The van der Waals surface area contributed by atoms with E-state index in [2.05, 4.69) is 4.90 Å². The molecule has 0 heterocycles. The maximum atomic E-state index is 11.4. The summed E-state index contributed by atoms with van der Waals surface area (Å²) in [6.45, 7) is 0.524. The molecule has 2 rings (SSSR count). The molecule has 5 N–H and O–H groups in total. The van der Waals surface area contributed by atoms with Crippen molar-refractivity contribution in [2.24, 2.45) is 5.14 Å². The summed E-state index contributed by atoms with van der Waals surface area (Å²) >= 11 is 0. The van der Waals surface area contributed by atoms with Crippen LogP contribution in [0.3, 0.4) is 0 Å². The third-order valence-corrected chi connectivity index (χ3v) is 4.90. The summed E-state index contributed by atoms with van der Waals surface area (Å²) in [4.78, 5) is 2.10. The number of primary sulfonamides is 1. The normalized spacial score (nSPS) is 16.9. The minimum absolute atomic E-state index is 0.0105. The van der Waals surface area contributed by atoms with Crippen LogP contribution in [0.25, 0.3) is 0 Å². The third kappa shape index (κ3) is 3.87. The molecule has 1 aromatic rings. The maximum absolute atomic E-state index is 11.4. The number of aliphatic hydroxyl groups is 1. The van der Waals surface area contributed by atoms with Crippen molar-refractivity contribution in [3.8, 4) is 0 Å². The average Bonchev–Trinajstić information content (AvgIpc) is 2.45. The largest absolute Gasteiger partial charge is 0.397 e. The lowest BCUT2D eigenvalue weighted by Gasteiger charge is -2.36. The van der Waals surface area contributed by atoms with Gasteiger partial charge in [0.1, 0.15) is 0 Å². The lowest BCUT2D eigenvalue weighted by Crippen LogP contribution is -2.39. The summed E-state index contributed by atoms with van der Waals surface area (Å²) in [6, 6.07) is 4.87. The topological polar surface area (TPSA) is 110 Å². The molecular weight excluding hydrogens is 290 g/mol. The summed E-state index contributed by atoms with van der Waals surface area (Å²) in [5.41, 5.74) is 7.16. The number of nitrogens with two attached hydrogens (primary N) is 2. The first-order valence-electron chi connectivity index (χ1n) is 7.23. The van der Waals surface area contributed by atoms with Crippen molar-refractivity contribution in [2.45, 2.75) is 43.0 Å². The fraction of sp³-hybridized carbons (Fsp3) is 0.571. The van der Waals surface area contributed by atoms with E-state index in [4.69, 9.17) is 10.9 Å². The van der Waals surface area contributed by atoms with E-state index >= 15 is 0 Å². The first kappa shape index (κ1) is 16.1. The monoisotopic (exact) mass is 313 g/mol. The molecule has 0 unspecified atom stereocenters. The van der Waals surface area contributed by atoms with Gasteiger partial charge in [0.05, 0.1) is 22.9 Å². The highest BCUT2D eigenvalue weighted by Crippen LogP contribution is 2.32. The van der Waals surface area contributed by atoms with Crippen molar-refractivity contribution in [3.05, 3.63) is 18.2 Å². The minimum Gasteiger partial charge on any atom is -0.397 e. The van der Waals surface area contributed by atoms with Crippen molar-refractivity contribution in [3.63, 3.8) is 0 Å². The lowest BCUT2D eigenvalue weighted by molar-refractivity contribution is 0.290. The highest BCUT2D eigenvalue weighted by Gasteiger charge is 2.23. The van der Waals surface area contributed by atoms with Crippen LogP contribution in [-0.2, 0) is 10.0 Å². The molecule has 1 aliphatic rings. The summed E-state index contributed by atoms with van der Waals surface area (Å²) in [7, 11) is -3.75. The Labute approximate surface area is 125 Å². The molecule has 0 bridgehead atoms. The van der Waals surface area contributed by atoms with Crippen LogP contribution >= 0.6 is 0 Å². The predicted octanol–water partition coefficient (Wildman–Crippen LogP) is 1.05. The van der Waals surface area contributed by atoms with Gasteiger partial charge < -0.3 is 15.7 Å². The number of aliphatic hydroxyl groups excluding tert-OH is 1. The maximum Gasteiger partial charge on any atom is 0.238 e. The third-order valence-electron chi connectivity index (χ3n) is 3.99. The van der Waals surface area contributed by atoms with E-state index in [0.717, 1.165) is 18.5 Å². The molecule has 118 valence electrons. The Morgan fingerprint density at radius 2 is 1.90 bits per heavy atom. The van der Waals surface area contributed by atoms with E-state index in [-0.39, 0.29) is 11.5 Å². The van der Waals surface area contributed by atoms with Gasteiger partial charge >= 0.3 is 0 Å². The molecule has 7 heteroatoms. The second-order valence-electron chi connectivity index (χ2n) is 5.47. The second-order valence-corrected chi connectivity index (χ2v) is 7.04. The summed E-state index contributed by atoms with van der Waals surface area (Å²) in [5, 5.41) is 14.4. The average molecular weight is 313 g/mol. The Morgan fingerprint density at radius 1 is 1.24 bits per heavy atom. The Balaban J connectivity index is 2.31. The van der Waals surface area contributed by atoms with Gasteiger partial charge in [0.15, 0.2) is 0 Å². The van der Waals surface area contributed by atoms with Gasteiger partial charge in [0.2, 0.25) is 10.0 Å². The second kappa shape index (κ2) is 6.64. The molecule has 1 aliphatic carbocycles. The van der Waals surface area contributed by atoms with Gasteiger partial charge in [0, 0.05) is 12.6 Å². The molecule has 0 amide bonds. The Kier molecular flexibility index (Phi) is 5.08. The molecule has 0 atom stereocenters. The van der Waals surface area contributed by atoms with Gasteiger partial charge in [-0.25, -0.2) is 13.6 Å². The standard InChI is InChI=1S/C14H23N3O3S/c15-13-10-12(21(16,19)20)6-7-14(13)17(8-9-18)11-4-2-1-3-5-11/h6-7,10-11,18H,1-5,8-9,15H2,(H2,16,19,20). The van der Waals surface area contributed by atoms with Crippen LogP contribution < -0.4 is 15.8 Å². The van der Waals surface area contributed by atoms with Crippen LogP contribution in [0.15, 0.2) is 23.1 Å².